The molecule has 136 valence electrons. The van der Waals surface area contributed by atoms with E-state index in [-0.39, 0.29) is 12.4 Å². The van der Waals surface area contributed by atoms with Crippen LogP contribution in [-0.2, 0) is 13.2 Å². The predicted molar refractivity (Wildman–Crippen MR) is 107 cm³/mol. The Labute approximate surface area is 160 Å². The van der Waals surface area contributed by atoms with E-state index in [2.05, 4.69) is 4.98 Å². The third-order valence-electron chi connectivity index (χ3n) is 3.86. The van der Waals surface area contributed by atoms with Crippen molar-refractivity contribution in [3.05, 3.63) is 78.0 Å². The summed E-state index contributed by atoms with van der Waals surface area (Å²) >= 11 is 0. The average Bonchev–Trinajstić information content (AvgIpc) is 2.68. The largest absolute Gasteiger partial charge is 0.493 e. The van der Waals surface area contributed by atoms with Gasteiger partial charge >= 0.3 is 0 Å². The number of nitrogens with two attached hydrogens (primary N) is 1. The Morgan fingerprint density at radius 2 is 1.73 bits per heavy atom. The van der Waals surface area contributed by atoms with Crippen LogP contribution < -0.4 is 15.2 Å². The number of pyridine rings is 1. The van der Waals surface area contributed by atoms with Gasteiger partial charge in [0.15, 0.2) is 0 Å². The van der Waals surface area contributed by atoms with Gasteiger partial charge in [-0.15, -0.1) is 12.4 Å². The topological polar surface area (TPSA) is 57.4 Å². The first kappa shape index (κ1) is 19.8. The highest BCUT2D eigenvalue weighted by molar-refractivity contribution is 5.85. The normalized spacial score (nSPS) is 10.1. The summed E-state index contributed by atoms with van der Waals surface area (Å²) in [5, 5.41) is 0. The number of nitrogens with zero attached hydrogens (tertiary/aromatic N) is 1. The van der Waals surface area contributed by atoms with Crippen molar-refractivity contribution in [3.63, 3.8) is 0 Å². The number of hydrogen-bond donors (Lipinski definition) is 1. The second kappa shape index (κ2) is 9.80. The van der Waals surface area contributed by atoms with Gasteiger partial charge in [-0.25, -0.2) is 4.98 Å². The molecule has 0 aliphatic carbocycles. The van der Waals surface area contributed by atoms with E-state index in [0.29, 0.717) is 25.6 Å². The quantitative estimate of drug-likeness (QED) is 0.660. The van der Waals surface area contributed by atoms with Crippen LogP contribution in [0.2, 0.25) is 0 Å². The van der Waals surface area contributed by atoms with Gasteiger partial charge in [0.25, 0.3) is 0 Å². The number of aromatic nitrogens is 1. The molecule has 1 heterocycles. The first-order valence-corrected chi connectivity index (χ1v) is 8.39. The first-order valence-electron chi connectivity index (χ1n) is 8.39. The maximum atomic E-state index is 5.76. The van der Waals surface area contributed by atoms with Crippen molar-refractivity contribution in [3.8, 4) is 22.8 Å². The van der Waals surface area contributed by atoms with Crippen LogP contribution in [0.4, 0.5) is 0 Å². The highest BCUT2D eigenvalue weighted by Crippen LogP contribution is 2.31. The third-order valence-corrected chi connectivity index (χ3v) is 3.86. The zero-order chi connectivity index (χ0) is 17.5. The summed E-state index contributed by atoms with van der Waals surface area (Å²) in [4.78, 5) is 4.42. The third kappa shape index (κ3) is 4.97. The van der Waals surface area contributed by atoms with Gasteiger partial charge < -0.3 is 15.2 Å². The van der Waals surface area contributed by atoms with Crippen LogP contribution in [0.1, 0.15) is 18.1 Å². The molecule has 4 nitrogen and oxygen atoms in total. The standard InChI is InChI=1S/C21H22N2O2.ClH/c1-2-24-20-10-8-17(13-22)12-19(20)18-9-11-21(23-14-18)25-15-16-6-4-3-5-7-16;/h3-12,14H,2,13,15,22H2,1H3;1H. The Morgan fingerprint density at radius 1 is 0.923 bits per heavy atom. The van der Waals surface area contributed by atoms with Gasteiger partial charge in [-0.2, -0.15) is 0 Å². The summed E-state index contributed by atoms with van der Waals surface area (Å²) in [6.07, 6.45) is 1.80. The lowest BCUT2D eigenvalue weighted by atomic mass is 10.0. The van der Waals surface area contributed by atoms with Crippen LogP contribution in [0.15, 0.2) is 66.9 Å². The molecular weight excluding hydrogens is 348 g/mol. The van der Waals surface area contributed by atoms with Gasteiger partial charge in [0.05, 0.1) is 6.61 Å². The molecule has 0 aliphatic rings. The van der Waals surface area contributed by atoms with Crippen LogP contribution in [0.5, 0.6) is 11.6 Å². The monoisotopic (exact) mass is 370 g/mol. The molecule has 2 N–H and O–H groups in total. The minimum atomic E-state index is 0. The van der Waals surface area contributed by atoms with Crippen molar-refractivity contribution < 1.29 is 9.47 Å². The number of halogens is 1. The molecule has 2 aromatic carbocycles. The summed E-state index contributed by atoms with van der Waals surface area (Å²) in [5.74, 6) is 1.43. The number of ether oxygens (including phenoxy) is 2. The summed E-state index contributed by atoms with van der Waals surface area (Å²) in [5.41, 5.74) is 9.91. The molecule has 0 saturated carbocycles. The summed E-state index contributed by atoms with van der Waals surface area (Å²) in [6, 6.07) is 19.9. The molecule has 0 saturated heterocycles. The number of rotatable bonds is 7. The molecule has 3 aromatic rings. The van der Waals surface area contributed by atoms with Crippen LogP contribution in [0.25, 0.3) is 11.1 Å². The van der Waals surface area contributed by atoms with Crippen molar-refractivity contribution in [2.75, 3.05) is 6.61 Å². The molecule has 1 aromatic heterocycles. The molecule has 0 atom stereocenters. The summed E-state index contributed by atoms with van der Waals surface area (Å²) in [6.45, 7) is 3.57. The number of benzene rings is 2. The zero-order valence-electron chi connectivity index (χ0n) is 14.7. The van der Waals surface area contributed by atoms with Crippen molar-refractivity contribution in [2.45, 2.75) is 20.1 Å². The maximum absolute atomic E-state index is 5.76. The van der Waals surface area contributed by atoms with Crippen LogP contribution >= 0.6 is 12.4 Å². The van der Waals surface area contributed by atoms with E-state index in [1.54, 1.807) is 6.20 Å². The second-order valence-electron chi connectivity index (χ2n) is 5.63. The Bertz CT molecular complexity index is 808. The van der Waals surface area contributed by atoms with E-state index in [1.807, 2.05) is 67.6 Å². The number of hydrogen-bond acceptors (Lipinski definition) is 4. The Kier molecular flexibility index (Phi) is 7.45. The average molecular weight is 371 g/mol. The van der Waals surface area contributed by atoms with Gasteiger partial charge in [-0.3, -0.25) is 0 Å². The molecule has 0 aliphatic heterocycles. The van der Waals surface area contributed by atoms with Crippen molar-refractivity contribution >= 4 is 12.4 Å². The fourth-order valence-electron chi connectivity index (χ4n) is 2.57. The van der Waals surface area contributed by atoms with E-state index >= 15 is 0 Å². The van der Waals surface area contributed by atoms with E-state index in [1.165, 1.54) is 0 Å². The van der Waals surface area contributed by atoms with Crippen LogP contribution in [-0.4, -0.2) is 11.6 Å². The molecular formula is C21H23ClN2O2. The van der Waals surface area contributed by atoms with Crippen molar-refractivity contribution in [1.29, 1.82) is 0 Å². The Morgan fingerprint density at radius 3 is 2.38 bits per heavy atom. The van der Waals surface area contributed by atoms with Crippen molar-refractivity contribution in [2.24, 2.45) is 5.73 Å². The molecule has 0 bridgehead atoms. The van der Waals surface area contributed by atoms with Gasteiger partial charge in [0.2, 0.25) is 5.88 Å². The minimum absolute atomic E-state index is 0. The van der Waals surface area contributed by atoms with E-state index < -0.39 is 0 Å². The molecule has 0 unspecified atom stereocenters. The zero-order valence-corrected chi connectivity index (χ0v) is 15.5. The molecule has 0 radical (unpaired) electrons. The first-order chi connectivity index (χ1) is 12.3. The summed E-state index contributed by atoms with van der Waals surface area (Å²) < 4.78 is 11.5. The molecule has 5 heteroatoms. The van der Waals surface area contributed by atoms with E-state index in [4.69, 9.17) is 15.2 Å². The van der Waals surface area contributed by atoms with Gasteiger partial charge in [-0.05, 0) is 36.2 Å². The second-order valence-corrected chi connectivity index (χ2v) is 5.63. The molecule has 3 rings (SSSR count). The molecule has 26 heavy (non-hydrogen) atoms. The fourth-order valence-corrected chi connectivity index (χ4v) is 2.57. The highest BCUT2D eigenvalue weighted by Gasteiger charge is 2.08. The molecule has 0 spiro atoms. The van der Waals surface area contributed by atoms with Gasteiger partial charge in [0.1, 0.15) is 12.4 Å². The lowest BCUT2D eigenvalue weighted by molar-refractivity contribution is 0.294. The highest BCUT2D eigenvalue weighted by atomic mass is 35.5. The van der Waals surface area contributed by atoms with Gasteiger partial charge in [0, 0.05) is 29.9 Å². The molecule has 0 fully saturated rings. The molecule has 0 amide bonds. The van der Waals surface area contributed by atoms with Gasteiger partial charge in [-0.1, -0.05) is 36.4 Å². The SMILES string of the molecule is CCOc1ccc(CN)cc1-c1ccc(OCc2ccccc2)nc1.Cl. The maximum Gasteiger partial charge on any atom is 0.213 e. The van der Waals surface area contributed by atoms with Crippen LogP contribution in [0.3, 0.4) is 0 Å². The van der Waals surface area contributed by atoms with Crippen molar-refractivity contribution in [1.82, 2.24) is 4.98 Å². The Balaban J connectivity index is 0.00000243. The lowest BCUT2D eigenvalue weighted by Crippen LogP contribution is -2.00. The predicted octanol–water partition coefficient (Wildman–Crippen LogP) is 4.61. The Hall–Kier alpha value is -2.56. The lowest BCUT2D eigenvalue weighted by Gasteiger charge is -2.12. The van der Waals surface area contributed by atoms with E-state index in [9.17, 15) is 0 Å². The summed E-state index contributed by atoms with van der Waals surface area (Å²) in [7, 11) is 0. The minimum Gasteiger partial charge on any atom is -0.493 e. The fraction of sp³-hybridized carbons (Fsp3) is 0.190. The van der Waals surface area contributed by atoms with E-state index in [0.717, 1.165) is 28.0 Å². The smallest absolute Gasteiger partial charge is 0.213 e. The van der Waals surface area contributed by atoms with Crippen LogP contribution in [0, 0.1) is 0 Å².